The van der Waals surface area contributed by atoms with Crippen LogP contribution in [-0.2, 0) is 5.54 Å². The summed E-state index contributed by atoms with van der Waals surface area (Å²) < 4.78 is 14.1. The number of carbonyl (C=O) groups is 1. The molecule has 1 aliphatic heterocycles. The van der Waals surface area contributed by atoms with Crippen LogP contribution < -0.4 is 14.8 Å². The average molecular weight is 383 g/mol. The summed E-state index contributed by atoms with van der Waals surface area (Å²) >= 11 is 0. The number of nitrogens with one attached hydrogen (secondary N) is 1. The molecule has 1 fully saturated rings. The van der Waals surface area contributed by atoms with Crippen molar-refractivity contribution in [2.75, 3.05) is 5.32 Å². The Morgan fingerprint density at radius 2 is 1.82 bits per heavy atom. The first-order valence-corrected chi connectivity index (χ1v) is 10.1. The average Bonchev–Trinajstić information content (AvgIpc) is 3.32. The number of rotatable bonds is 3. The zero-order chi connectivity index (χ0) is 20.1. The molecule has 2 aromatic rings. The summed E-state index contributed by atoms with van der Waals surface area (Å²) in [5, 5.41) is 7.53. The molecule has 28 heavy (non-hydrogen) atoms. The van der Waals surface area contributed by atoms with Crippen LogP contribution in [0.25, 0.3) is 0 Å². The number of carbonyl (C=O) groups excluding carboxylic acids is 1. The summed E-state index contributed by atoms with van der Waals surface area (Å²) in [5.74, 6) is 1.00. The van der Waals surface area contributed by atoms with Gasteiger partial charge in [0.15, 0.2) is 17.2 Å². The minimum absolute atomic E-state index is 0.188. The highest BCUT2D eigenvalue weighted by molar-refractivity contribution is 6.03. The molecule has 2 aliphatic rings. The Kier molecular flexibility index (Phi) is 4.40. The normalized spacial score (nSPS) is 17.5. The molecule has 1 aliphatic carbocycles. The molecule has 0 atom stereocenters. The first-order valence-electron chi connectivity index (χ1n) is 10.1. The molecular weight excluding hydrogens is 354 g/mol. The number of fused-ring (bicyclic) bond motifs is 1. The monoisotopic (exact) mass is 383 g/mol. The molecule has 150 valence electrons. The first kappa shape index (κ1) is 18.8. The van der Waals surface area contributed by atoms with Crippen LogP contribution in [-0.4, -0.2) is 21.5 Å². The fourth-order valence-electron chi connectivity index (χ4n) is 3.94. The van der Waals surface area contributed by atoms with Crippen molar-refractivity contribution in [3.8, 4) is 11.5 Å². The Hall–Kier alpha value is -2.50. The molecule has 0 saturated heterocycles. The van der Waals surface area contributed by atoms with Crippen molar-refractivity contribution in [3.05, 3.63) is 35.7 Å². The van der Waals surface area contributed by atoms with E-state index in [0.717, 1.165) is 37.1 Å². The Labute approximate surface area is 166 Å². The number of benzene rings is 1. The minimum atomic E-state index is -0.497. The van der Waals surface area contributed by atoms with E-state index >= 15 is 0 Å². The van der Waals surface area contributed by atoms with Gasteiger partial charge in [-0.25, -0.2) is 0 Å². The molecule has 0 radical (unpaired) electrons. The molecule has 6 nitrogen and oxygen atoms in total. The molecule has 6 heteroatoms. The highest BCUT2D eigenvalue weighted by atomic mass is 16.7. The zero-order valence-electron chi connectivity index (χ0n) is 17.3. The second-order valence-electron chi connectivity index (χ2n) is 9.13. The highest BCUT2D eigenvalue weighted by Gasteiger charge is 2.44. The van der Waals surface area contributed by atoms with Crippen LogP contribution in [0.15, 0.2) is 24.3 Å². The minimum Gasteiger partial charge on any atom is -0.448 e. The molecule has 1 N–H and O–H groups in total. The van der Waals surface area contributed by atoms with Gasteiger partial charge >= 0.3 is 0 Å². The van der Waals surface area contributed by atoms with Gasteiger partial charge in [-0.3, -0.25) is 9.48 Å². The molecule has 0 unspecified atom stereocenters. The van der Waals surface area contributed by atoms with Crippen LogP contribution >= 0.6 is 0 Å². The van der Waals surface area contributed by atoms with Crippen molar-refractivity contribution in [2.24, 2.45) is 0 Å². The van der Waals surface area contributed by atoms with E-state index in [1.54, 1.807) is 0 Å². The fourth-order valence-corrected chi connectivity index (χ4v) is 3.94. The van der Waals surface area contributed by atoms with Crippen LogP contribution in [0, 0.1) is 0 Å². The van der Waals surface area contributed by atoms with E-state index in [2.05, 4.69) is 45.0 Å². The van der Waals surface area contributed by atoms with Crippen LogP contribution in [0.1, 0.15) is 82.4 Å². The predicted molar refractivity (Wildman–Crippen MR) is 108 cm³/mol. The maximum atomic E-state index is 12.8. The number of amides is 1. The third kappa shape index (κ3) is 3.36. The molecule has 0 bridgehead atoms. The molecule has 1 amide bonds. The molecule has 4 rings (SSSR count). The number of aromatic nitrogens is 2. The quantitative estimate of drug-likeness (QED) is 0.805. The number of hydrogen-bond donors (Lipinski definition) is 1. The summed E-state index contributed by atoms with van der Waals surface area (Å²) in [5.41, 5.74) is 1.96. The van der Waals surface area contributed by atoms with Gasteiger partial charge in [0.2, 0.25) is 0 Å². The Morgan fingerprint density at radius 3 is 2.43 bits per heavy atom. The fraction of sp³-hybridized carbons (Fsp3) is 0.545. The number of ether oxygens (including phenoxy) is 2. The van der Waals surface area contributed by atoms with Gasteiger partial charge in [-0.05, 0) is 57.7 Å². The third-order valence-corrected chi connectivity index (χ3v) is 5.36. The largest absolute Gasteiger partial charge is 0.448 e. The Morgan fingerprint density at radius 1 is 1.14 bits per heavy atom. The van der Waals surface area contributed by atoms with Crippen molar-refractivity contribution in [1.82, 2.24) is 9.78 Å². The second-order valence-corrected chi connectivity index (χ2v) is 9.13. The molecule has 1 spiro atoms. The number of nitrogens with zero attached hydrogens (tertiary/aromatic N) is 2. The first-order chi connectivity index (χ1) is 13.2. The van der Waals surface area contributed by atoms with E-state index in [1.165, 1.54) is 0 Å². The molecule has 2 heterocycles. The molecule has 1 saturated carbocycles. The van der Waals surface area contributed by atoms with E-state index in [1.807, 2.05) is 28.9 Å². The lowest BCUT2D eigenvalue weighted by Crippen LogP contribution is -2.34. The molecule has 1 aromatic heterocycles. The maximum absolute atomic E-state index is 12.8. The van der Waals surface area contributed by atoms with Gasteiger partial charge in [-0.15, -0.1) is 0 Å². The van der Waals surface area contributed by atoms with Gasteiger partial charge in [-0.1, -0.05) is 13.8 Å². The SMILES string of the molecule is CC(C)c1cc(C(=O)Nc2ccc3c(c2)OC2(CCCC2)O3)nn1C(C)(C)C. The topological polar surface area (TPSA) is 65.4 Å². The standard InChI is InChI=1S/C22H29N3O3/c1-14(2)17-13-16(24-25(17)21(3,4)5)20(26)23-15-8-9-18-19(12-15)28-22(27-18)10-6-7-11-22/h8-9,12-14H,6-7,10-11H2,1-5H3,(H,23,26). The van der Waals surface area contributed by atoms with Crippen molar-refractivity contribution in [2.45, 2.75) is 77.5 Å². The lowest BCUT2D eigenvalue weighted by atomic mass is 10.1. The van der Waals surface area contributed by atoms with E-state index in [4.69, 9.17) is 9.47 Å². The van der Waals surface area contributed by atoms with Gasteiger partial charge < -0.3 is 14.8 Å². The van der Waals surface area contributed by atoms with Gasteiger partial charge in [-0.2, -0.15) is 5.10 Å². The van der Waals surface area contributed by atoms with E-state index < -0.39 is 5.79 Å². The lowest BCUT2D eigenvalue weighted by Gasteiger charge is -2.23. The van der Waals surface area contributed by atoms with Crippen molar-refractivity contribution < 1.29 is 14.3 Å². The Balaban J connectivity index is 1.54. The van der Waals surface area contributed by atoms with Crippen LogP contribution in [0.5, 0.6) is 11.5 Å². The van der Waals surface area contributed by atoms with Gasteiger partial charge in [0.05, 0.1) is 5.54 Å². The van der Waals surface area contributed by atoms with Crippen LogP contribution in [0.4, 0.5) is 5.69 Å². The smallest absolute Gasteiger partial charge is 0.276 e. The summed E-state index contributed by atoms with van der Waals surface area (Å²) in [7, 11) is 0. The van der Waals surface area contributed by atoms with E-state index in [9.17, 15) is 4.79 Å². The van der Waals surface area contributed by atoms with Crippen molar-refractivity contribution >= 4 is 11.6 Å². The number of hydrogen-bond acceptors (Lipinski definition) is 4. The van der Waals surface area contributed by atoms with Crippen LogP contribution in [0.2, 0.25) is 0 Å². The van der Waals surface area contributed by atoms with Crippen molar-refractivity contribution in [1.29, 1.82) is 0 Å². The maximum Gasteiger partial charge on any atom is 0.276 e. The van der Waals surface area contributed by atoms with E-state index in [0.29, 0.717) is 17.1 Å². The molecule has 1 aromatic carbocycles. The summed E-state index contributed by atoms with van der Waals surface area (Å²) in [6.07, 6.45) is 4.05. The summed E-state index contributed by atoms with van der Waals surface area (Å²) in [6.45, 7) is 10.5. The summed E-state index contributed by atoms with van der Waals surface area (Å²) in [6, 6.07) is 7.43. The van der Waals surface area contributed by atoms with Crippen molar-refractivity contribution in [3.63, 3.8) is 0 Å². The van der Waals surface area contributed by atoms with E-state index in [-0.39, 0.29) is 17.4 Å². The Bertz CT molecular complexity index is 902. The highest BCUT2D eigenvalue weighted by Crippen LogP contribution is 2.47. The molecular formula is C22H29N3O3. The zero-order valence-corrected chi connectivity index (χ0v) is 17.3. The van der Waals surface area contributed by atoms with Gasteiger partial charge in [0.1, 0.15) is 0 Å². The third-order valence-electron chi connectivity index (χ3n) is 5.36. The van der Waals surface area contributed by atoms with Crippen LogP contribution in [0.3, 0.4) is 0 Å². The predicted octanol–water partition coefficient (Wildman–Crippen LogP) is 5.06. The summed E-state index contributed by atoms with van der Waals surface area (Å²) in [4.78, 5) is 12.8. The lowest BCUT2D eigenvalue weighted by molar-refractivity contribution is -0.0716. The van der Waals surface area contributed by atoms with Gasteiger partial charge in [0.25, 0.3) is 11.7 Å². The second kappa shape index (κ2) is 6.54. The number of anilines is 1. The van der Waals surface area contributed by atoms with Gasteiger partial charge in [0, 0.05) is 30.3 Å².